The van der Waals surface area contributed by atoms with Crippen LogP contribution in [-0.4, -0.2) is 10.9 Å². The second kappa shape index (κ2) is 10.6. The molecule has 0 saturated carbocycles. The maximum absolute atomic E-state index is 12.6. The van der Waals surface area contributed by atoms with Crippen molar-refractivity contribution in [2.24, 2.45) is 0 Å². The van der Waals surface area contributed by atoms with Gasteiger partial charge >= 0.3 is 0 Å². The van der Waals surface area contributed by atoms with Crippen molar-refractivity contribution in [1.82, 2.24) is 4.98 Å². The lowest BCUT2D eigenvalue weighted by Gasteiger charge is -2.02. The second-order valence-corrected chi connectivity index (χ2v) is 9.77. The monoisotopic (exact) mass is 547 g/mol. The highest BCUT2D eigenvalue weighted by Gasteiger charge is 2.14. The molecule has 0 aliphatic heterocycles. The van der Waals surface area contributed by atoms with E-state index in [9.17, 15) is 10.1 Å². The quantitative estimate of drug-likeness (QED) is 0.195. The Hall–Kier alpha value is -2.79. The van der Waals surface area contributed by atoms with Crippen molar-refractivity contribution in [2.75, 3.05) is 5.32 Å². The highest BCUT2D eigenvalue weighted by Crippen LogP contribution is 2.30. The minimum absolute atomic E-state index is 0.135. The van der Waals surface area contributed by atoms with Crippen LogP contribution in [0.3, 0.4) is 0 Å². The van der Waals surface area contributed by atoms with Gasteiger partial charge in [0.05, 0.1) is 10.0 Å². The highest BCUT2D eigenvalue weighted by molar-refractivity contribution is 7.15. The number of rotatable bonds is 6. The van der Waals surface area contributed by atoms with Crippen molar-refractivity contribution in [3.8, 4) is 17.4 Å². The van der Waals surface area contributed by atoms with Crippen LogP contribution < -0.4 is 5.32 Å². The molecule has 0 saturated heterocycles. The predicted octanol–water partition coefficient (Wildman–Crippen LogP) is 8.15. The lowest BCUT2D eigenvalue weighted by Crippen LogP contribution is -2.13. The summed E-state index contributed by atoms with van der Waals surface area (Å²) in [7, 11) is 0. The van der Waals surface area contributed by atoms with Gasteiger partial charge in [-0.05, 0) is 54.1 Å². The zero-order chi connectivity index (χ0) is 24.2. The number of nitriles is 1. The number of hydrogen-bond acceptors (Lipinski definition) is 5. The zero-order valence-electron chi connectivity index (χ0n) is 17.1. The van der Waals surface area contributed by atoms with E-state index in [1.165, 1.54) is 17.4 Å². The molecular formula is C24H13Cl4N3O2S. The van der Waals surface area contributed by atoms with E-state index in [1.54, 1.807) is 54.7 Å². The molecule has 0 spiro atoms. The Morgan fingerprint density at radius 3 is 2.62 bits per heavy atom. The Kier molecular flexibility index (Phi) is 7.62. The number of carbonyl (C=O) groups is 1. The van der Waals surface area contributed by atoms with Crippen LogP contribution in [-0.2, 0) is 11.2 Å². The molecule has 5 nitrogen and oxygen atoms in total. The van der Waals surface area contributed by atoms with E-state index in [2.05, 4.69) is 10.3 Å². The fraction of sp³-hybridized carbons (Fsp3) is 0.0417. The molecule has 2 aromatic carbocycles. The summed E-state index contributed by atoms with van der Waals surface area (Å²) in [5, 5.41) is 14.5. The van der Waals surface area contributed by atoms with Crippen LogP contribution >= 0.6 is 57.7 Å². The van der Waals surface area contributed by atoms with Crippen molar-refractivity contribution in [2.45, 2.75) is 6.42 Å². The maximum Gasteiger partial charge on any atom is 0.268 e. The molecule has 0 atom stereocenters. The van der Waals surface area contributed by atoms with Gasteiger partial charge in [-0.15, -0.1) is 11.3 Å². The first-order valence-electron chi connectivity index (χ1n) is 9.69. The molecule has 34 heavy (non-hydrogen) atoms. The molecule has 10 heteroatoms. The summed E-state index contributed by atoms with van der Waals surface area (Å²) in [6, 6.07) is 15.6. The van der Waals surface area contributed by atoms with E-state index in [0.717, 1.165) is 10.4 Å². The van der Waals surface area contributed by atoms with Crippen LogP contribution in [0.5, 0.6) is 0 Å². The molecule has 0 aliphatic carbocycles. The molecule has 0 aliphatic rings. The third-order valence-corrected chi connectivity index (χ3v) is 6.88. The van der Waals surface area contributed by atoms with Gasteiger partial charge in [-0.25, -0.2) is 4.98 Å². The topological polar surface area (TPSA) is 78.9 Å². The highest BCUT2D eigenvalue weighted by atomic mass is 35.5. The number of furan rings is 1. The van der Waals surface area contributed by atoms with Crippen LogP contribution in [0.25, 0.3) is 17.4 Å². The Balaban J connectivity index is 1.46. The van der Waals surface area contributed by atoms with Crippen LogP contribution in [0.2, 0.25) is 20.1 Å². The van der Waals surface area contributed by atoms with Crippen LogP contribution in [0, 0.1) is 11.3 Å². The number of carbonyl (C=O) groups excluding carboxylic acids is 1. The molecular weight excluding hydrogens is 536 g/mol. The summed E-state index contributed by atoms with van der Waals surface area (Å²) < 4.78 is 5.74. The number of nitrogens with one attached hydrogen (secondary N) is 1. The zero-order valence-corrected chi connectivity index (χ0v) is 21.0. The number of benzene rings is 2. The van der Waals surface area contributed by atoms with Gasteiger partial charge in [0.1, 0.15) is 23.2 Å². The van der Waals surface area contributed by atoms with E-state index < -0.39 is 5.91 Å². The molecule has 170 valence electrons. The number of thiazole rings is 1. The number of halogens is 4. The van der Waals surface area contributed by atoms with Crippen molar-refractivity contribution in [3.63, 3.8) is 0 Å². The molecule has 4 rings (SSSR count). The lowest BCUT2D eigenvalue weighted by atomic mass is 10.1. The molecule has 4 aromatic rings. The molecule has 1 amide bonds. The third-order valence-electron chi connectivity index (χ3n) is 4.63. The van der Waals surface area contributed by atoms with Gasteiger partial charge in [0, 0.05) is 39.2 Å². The first-order chi connectivity index (χ1) is 16.3. The number of amides is 1. The first-order valence-corrected chi connectivity index (χ1v) is 12.0. The van der Waals surface area contributed by atoms with Gasteiger partial charge in [-0.3, -0.25) is 10.1 Å². The van der Waals surface area contributed by atoms with Crippen molar-refractivity contribution in [3.05, 3.63) is 96.6 Å². The summed E-state index contributed by atoms with van der Waals surface area (Å²) in [4.78, 5) is 17.7. The average Bonchev–Trinajstić information content (AvgIpc) is 3.46. The standard InChI is InChI=1S/C24H13Cl4N3O2S/c25-16-2-5-19(26)14(7-16)9-18-12-30-24(34-18)31-23(32)15(11-29)8-17-3-6-22(33-17)13-1-4-20(27)21(28)10-13/h1-8,10,12H,9H2,(H,30,31,32). The number of hydrogen-bond donors (Lipinski definition) is 1. The van der Waals surface area contributed by atoms with Crippen LogP contribution in [0.1, 0.15) is 16.2 Å². The van der Waals surface area contributed by atoms with Crippen molar-refractivity contribution < 1.29 is 9.21 Å². The largest absolute Gasteiger partial charge is 0.457 e. The lowest BCUT2D eigenvalue weighted by molar-refractivity contribution is -0.112. The Morgan fingerprint density at radius 1 is 1.06 bits per heavy atom. The molecule has 1 N–H and O–H groups in total. The van der Waals surface area contributed by atoms with Gasteiger partial charge in [-0.1, -0.05) is 46.4 Å². The summed E-state index contributed by atoms with van der Waals surface area (Å²) in [6.45, 7) is 0. The number of aromatic nitrogens is 1. The molecule has 0 fully saturated rings. The SMILES string of the molecule is N#CC(=Cc1ccc(-c2ccc(Cl)c(Cl)c2)o1)C(=O)Nc1ncc(Cc2cc(Cl)ccc2Cl)s1. The summed E-state index contributed by atoms with van der Waals surface area (Å²) >= 11 is 25.5. The second-order valence-electron chi connectivity index (χ2n) is 7.00. The summed E-state index contributed by atoms with van der Waals surface area (Å²) in [5.74, 6) is 0.256. The molecule has 0 unspecified atom stereocenters. The molecule has 2 aromatic heterocycles. The Morgan fingerprint density at radius 2 is 1.85 bits per heavy atom. The summed E-state index contributed by atoms with van der Waals surface area (Å²) in [5.41, 5.74) is 1.43. The van der Waals surface area contributed by atoms with Crippen LogP contribution in [0.15, 0.2) is 64.7 Å². The van der Waals surface area contributed by atoms with E-state index >= 15 is 0 Å². The Labute approximate surface area is 219 Å². The van der Waals surface area contributed by atoms with E-state index in [4.69, 9.17) is 50.8 Å². The Bertz CT molecular complexity index is 1450. The number of nitrogens with zero attached hydrogens (tertiary/aromatic N) is 2. The number of anilines is 1. The van der Waals surface area contributed by atoms with E-state index in [0.29, 0.717) is 48.7 Å². The van der Waals surface area contributed by atoms with Crippen LogP contribution in [0.4, 0.5) is 5.13 Å². The minimum Gasteiger partial charge on any atom is -0.457 e. The fourth-order valence-electron chi connectivity index (χ4n) is 3.00. The molecule has 0 radical (unpaired) electrons. The molecule has 2 heterocycles. The first kappa shape index (κ1) is 24.3. The minimum atomic E-state index is -0.600. The fourth-order valence-corrected chi connectivity index (χ4v) is 4.51. The van der Waals surface area contributed by atoms with E-state index in [-0.39, 0.29) is 5.57 Å². The summed E-state index contributed by atoms with van der Waals surface area (Å²) in [6.07, 6.45) is 3.51. The van der Waals surface area contributed by atoms with Gasteiger partial charge in [0.25, 0.3) is 5.91 Å². The maximum atomic E-state index is 12.6. The third kappa shape index (κ3) is 5.82. The predicted molar refractivity (Wildman–Crippen MR) is 138 cm³/mol. The van der Waals surface area contributed by atoms with Crippen molar-refractivity contribution in [1.29, 1.82) is 5.26 Å². The van der Waals surface area contributed by atoms with Crippen molar-refractivity contribution >= 4 is 74.9 Å². The van der Waals surface area contributed by atoms with Gasteiger partial charge in [0.2, 0.25) is 0 Å². The normalized spacial score (nSPS) is 11.3. The van der Waals surface area contributed by atoms with Gasteiger partial charge < -0.3 is 4.42 Å². The smallest absolute Gasteiger partial charge is 0.268 e. The van der Waals surface area contributed by atoms with E-state index in [1.807, 2.05) is 6.07 Å². The van der Waals surface area contributed by atoms with Gasteiger partial charge in [0.15, 0.2) is 5.13 Å². The molecule has 0 bridgehead atoms. The average molecular weight is 549 g/mol. The van der Waals surface area contributed by atoms with Gasteiger partial charge in [-0.2, -0.15) is 5.26 Å².